The first kappa shape index (κ1) is 20.5. The SMILES string of the molecule is CCOC(=O)Cn1c(=NC(=O)c2coc3ccccc3c2=O)sc2cc(OC)ccc21. The number of hydrogen-bond donors (Lipinski definition) is 0. The molecule has 0 aliphatic rings. The Kier molecular flexibility index (Phi) is 5.68. The van der Waals surface area contributed by atoms with Crippen molar-refractivity contribution in [3.8, 4) is 5.75 Å². The summed E-state index contributed by atoms with van der Waals surface area (Å²) in [4.78, 5) is 42.1. The van der Waals surface area contributed by atoms with Gasteiger partial charge < -0.3 is 18.5 Å². The molecule has 4 aromatic rings. The molecule has 4 rings (SSSR count). The molecule has 2 aromatic carbocycles. The average Bonchev–Trinajstić information content (AvgIpc) is 3.10. The molecular weight excluding hydrogens is 420 g/mol. The van der Waals surface area contributed by atoms with Crippen LogP contribution in [0.1, 0.15) is 17.3 Å². The highest BCUT2D eigenvalue weighted by atomic mass is 32.1. The summed E-state index contributed by atoms with van der Waals surface area (Å²) in [6.45, 7) is 1.82. The number of nitrogens with zero attached hydrogens (tertiary/aromatic N) is 2. The summed E-state index contributed by atoms with van der Waals surface area (Å²) in [6.07, 6.45) is 1.11. The number of aromatic nitrogens is 1. The summed E-state index contributed by atoms with van der Waals surface area (Å²) in [5, 5.41) is 0.295. The number of fused-ring (bicyclic) bond motifs is 2. The number of methoxy groups -OCH3 is 1. The van der Waals surface area contributed by atoms with Gasteiger partial charge in [0.15, 0.2) is 4.80 Å². The number of amides is 1. The van der Waals surface area contributed by atoms with Gasteiger partial charge in [-0.25, -0.2) is 0 Å². The molecule has 2 heterocycles. The highest BCUT2D eigenvalue weighted by Gasteiger charge is 2.16. The normalized spacial score (nSPS) is 11.7. The van der Waals surface area contributed by atoms with Crippen LogP contribution >= 0.6 is 11.3 Å². The summed E-state index contributed by atoms with van der Waals surface area (Å²) >= 11 is 1.20. The molecule has 158 valence electrons. The van der Waals surface area contributed by atoms with E-state index in [1.165, 1.54) is 11.3 Å². The maximum Gasteiger partial charge on any atom is 0.326 e. The fraction of sp³-hybridized carbons (Fsp3) is 0.182. The quantitative estimate of drug-likeness (QED) is 0.444. The molecule has 0 fully saturated rings. The maximum absolute atomic E-state index is 12.9. The van der Waals surface area contributed by atoms with Gasteiger partial charge in [0.2, 0.25) is 5.43 Å². The van der Waals surface area contributed by atoms with Gasteiger partial charge >= 0.3 is 5.97 Å². The van der Waals surface area contributed by atoms with Crippen molar-refractivity contribution in [1.29, 1.82) is 0 Å². The molecule has 0 saturated heterocycles. The predicted molar refractivity (Wildman–Crippen MR) is 115 cm³/mol. The van der Waals surface area contributed by atoms with Crippen molar-refractivity contribution in [2.75, 3.05) is 13.7 Å². The van der Waals surface area contributed by atoms with Crippen LogP contribution in [0, 0.1) is 0 Å². The van der Waals surface area contributed by atoms with Crippen LogP contribution in [0.25, 0.3) is 21.2 Å². The van der Waals surface area contributed by atoms with Crippen LogP contribution in [-0.4, -0.2) is 30.2 Å². The highest BCUT2D eigenvalue weighted by molar-refractivity contribution is 7.16. The van der Waals surface area contributed by atoms with E-state index in [4.69, 9.17) is 13.9 Å². The zero-order valence-corrected chi connectivity index (χ0v) is 17.6. The molecular formula is C22H18N2O6S. The Morgan fingerprint density at radius 2 is 2.00 bits per heavy atom. The van der Waals surface area contributed by atoms with E-state index in [2.05, 4.69) is 4.99 Å². The van der Waals surface area contributed by atoms with Gasteiger partial charge in [0.05, 0.1) is 29.3 Å². The Labute approximate surface area is 180 Å². The highest BCUT2D eigenvalue weighted by Crippen LogP contribution is 2.23. The summed E-state index contributed by atoms with van der Waals surface area (Å²) in [5.74, 6) is -0.585. The fourth-order valence-electron chi connectivity index (χ4n) is 3.13. The average molecular weight is 438 g/mol. The number of rotatable bonds is 5. The number of esters is 1. The Hall–Kier alpha value is -3.72. The van der Waals surface area contributed by atoms with Crippen molar-refractivity contribution in [3.05, 3.63) is 69.3 Å². The van der Waals surface area contributed by atoms with Gasteiger partial charge in [-0.15, -0.1) is 0 Å². The molecule has 0 saturated carbocycles. The van der Waals surface area contributed by atoms with Crippen LogP contribution in [0.3, 0.4) is 0 Å². The number of ether oxygens (including phenoxy) is 2. The molecule has 2 aromatic heterocycles. The molecule has 1 amide bonds. The van der Waals surface area contributed by atoms with Gasteiger partial charge in [-0.3, -0.25) is 14.4 Å². The first-order valence-corrected chi connectivity index (χ1v) is 10.3. The summed E-state index contributed by atoms with van der Waals surface area (Å²) in [5.41, 5.74) is 0.429. The zero-order valence-electron chi connectivity index (χ0n) is 16.8. The second-order valence-corrected chi connectivity index (χ2v) is 7.51. The molecule has 0 aliphatic carbocycles. The van der Waals surface area contributed by atoms with E-state index in [1.54, 1.807) is 61.1 Å². The number of thiazole rings is 1. The third-order valence-corrected chi connectivity index (χ3v) is 5.63. The number of para-hydroxylation sites is 1. The number of benzene rings is 2. The van der Waals surface area contributed by atoms with Crippen molar-refractivity contribution in [2.24, 2.45) is 4.99 Å². The van der Waals surface area contributed by atoms with Crippen LogP contribution in [0.5, 0.6) is 5.75 Å². The molecule has 0 radical (unpaired) electrons. The molecule has 9 heteroatoms. The van der Waals surface area contributed by atoms with Gasteiger partial charge in [-0.05, 0) is 37.3 Å². The second-order valence-electron chi connectivity index (χ2n) is 6.50. The first-order valence-electron chi connectivity index (χ1n) is 9.44. The third kappa shape index (κ3) is 3.99. The van der Waals surface area contributed by atoms with Gasteiger partial charge in [-0.2, -0.15) is 4.99 Å². The Bertz CT molecular complexity index is 1430. The smallest absolute Gasteiger partial charge is 0.326 e. The zero-order chi connectivity index (χ0) is 22.0. The lowest BCUT2D eigenvalue weighted by molar-refractivity contribution is -0.143. The number of hydrogen-bond acceptors (Lipinski definition) is 7. The summed E-state index contributed by atoms with van der Waals surface area (Å²) in [7, 11) is 1.55. The minimum atomic E-state index is -0.754. The summed E-state index contributed by atoms with van der Waals surface area (Å²) < 4.78 is 18.1. The molecule has 0 atom stereocenters. The Morgan fingerprint density at radius 3 is 2.77 bits per heavy atom. The van der Waals surface area contributed by atoms with Gasteiger partial charge in [0.25, 0.3) is 5.91 Å². The van der Waals surface area contributed by atoms with Crippen LogP contribution in [0.4, 0.5) is 0 Å². The number of carbonyl (C=O) groups is 2. The minimum Gasteiger partial charge on any atom is -0.497 e. The van der Waals surface area contributed by atoms with E-state index < -0.39 is 17.3 Å². The van der Waals surface area contributed by atoms with Crippen LogP contribution in [0.2, 0.25) is 0 Å². The topological polar surface area (TPSA) is 100 Å². The van der Waals surface area contributed by atoms with E-state index in [-0.39, 0.29) is 23.5 Å². The maximum atomic E-state index is 12.9. The fourth-order valence-corrected chi connectivity index (χ4v) is 4.18. The van der Waals surface area contributed by atoms with Crippen LogP contribution < -0.4 is 15.0 Å². The molecule has 31 heavy (non-hydrogen) atoms. The van der Waals surface area contributed by atoms with Gasteiger partial charge in [0, 0.05) is 0 Å². The molecule has 0 unspecified atom stereocenters. The third-order valence-electron chi connectivity index (χ3n) is 4.59. The molecule has 0 aliphatic heterocycles. The lowest BCUT2D eigenvalue weighted by Gasteiger charge is -2.05. The van der Waals surface area contributed by atoms with Crippen LogP contribution in [-0.2, 0) is 16.1 Å². The van der Waals surface area contributed by atoms with Crippen molar-refractivity contribution in [1.82, 2.24) is 4.57 Å². The van der Waals surface area contributed by atoms with E-state index >= 15 is 0 Å². The van der Waals surface area contributed by atoms with E-state index in [1.807, 2.05) is 0 Å². The molecule has 0 spiro atoms. The van der Waals surface area contributed by atoms with E-state index in [0.717, 1.165) is 11.0 Å². The van der Waals surface area contributed by atoms with Crippen molar-refractivity contribution < 1.29 is 23.5 Å². The Balaban J connectivity index is 1.85. The second kappa shape index (κ2) is 8.57. The lowest BCUT2D eigenvalue weighted by Crippen LogP contribution is -2.24. The minimum absolute atomic E-state index is 0.126. The first-order chi connectivity index (χ1) is 15.0. The van der Waals surface area contributed by atoms with E-state index in [0.29, 0.717) is 22.2 Å². The molecule has 0 bridgehead atoms. The Morgan fingerprint density at radius 1 is 1.19 bits per heavy atom. The largest absolute Gasteiger partial charge is 0.497 e. The van der Waals surface area contributed by atoms with E-state index in [9.17, 15) is 14.4 Å². The van der Waals surface area contributed by atoms with Gasteiger partial charge in [0.1, 0.15) is 29.7 Å². The lowest BCUT2D eigenvalue weighted by atomic mass is 10.2. The molecule has 0 N–H and O–H groups in total. The summed E-state index contributed by atoms with van der Waals surface area (Å²) in [6, 6.07) is 12.0. The predicted octanol–water partition coefficient (Wildman–Crippen LogP) is 3.12. The van der Waals surface area contributed by atoms with Crippen molar-refractivity contribution in [2.45, 2.75) is 13.5 Å². The molecule has 8 nitrogen and oxygen atoms in total. The monoisotopic (exact) mass is 438 g/mol. The van der Waals surface area contributed by atoms with Crippen molar-refractivity contribution in [3.63, 3.8) is 0 Å². The number of carbonyl (C=O) groups excluding carboxylic acids is 2. The van der Waals surface area contributed by atoms with Gasteiger partial charge in [-0.1, -0.05) is 23.5 Å². The standard InChI is InChI=1S/C22H18N2O6S/c1-3-29-19(25)11-24-16-9-8-13(28-2)10-18(16)31-22(24)23-21(27)15-12-30-17-7-5-4-6-14(17)20(15)26/h4-10,12H,3,11H2,1-2H3. The van der Waals surface area contributed by atoms with Crippen molar-refractivity contribution >= 4 is 44.4 Å². The van der Waals surface area contributed by atoms with Crippen LogP contribution in [0.15, 0.2) is 62.9 Å².